The van der Waals surface area contributed by atoms with E-state index in [2.05, 4.69) is 17.5 Å². The third-order valence-electron chi connectivity index (χ3n) is 3.60. The minimum Gasteiger partial charge on any atom is -0.477 e. The van der Waals surface area contributed by atoms with E-state index >= 15 is 0 Å². The lowest BCUT2D eigenvalue weighted by Crippen LogP contribution is -2.05. The van der Waals surface area contributed by atoms with E-state index in [1.165, 1.54) is 49.9 Å². The molecule has 1 saturated carbocycles. The number of hydrogen-bond donors (Lipinski definition) is 2. The highest BCUT2D eigenvalue weighted by Gasteiger charge is 2.11. The number of aromatic carboxylic acids is 1. The highest BCUT2D eigenvalue weighted by Crippen LogP contribution is 2.26. The van der Waals surface area contributed by atoms with Crippen LogP contribution in [0.25, 0.3) is 0 Å². The van der Waals surface area contributed by atoms with Gasteiger partial charge in [0.25, 0.3) is 0 Å². The summed E-state index contributed by atoms with van der Waals surface area (Å²) < 4.78 is 0. The van der Waals surface area contributed by atoms with Gasteiger partial charge < -0.3 is 10.4 Å². The highest BCUT2D eigenvalue weighted by molar-refractivity contribution is 7.12. The predicted octanol–water partition coefficient (Wildman–Crippen LogP) is 4.38. The van der Waals surface area contributed by atoms with Crippen molar-refractivity contribution in [1.29, 1.82) is 0 Å². The summed E-state index contributed by atoms with van der Waals surface area (Å²) in [4.78, 5) is 11.1. The average molecular weight is 279 g/mol. The minimum absolute atomic E-state index is 0.383. The van der Waals surface area contributed by atoms with Crippen molar-refractivity contribution in [3.8, 4) is 0 Å². The third-order valence-corrected chi connectivity index (χ3v) is 4.51. The summed E-state index contributed by atoms with van der Waals surface area (Å²) in [6.45, 7) is 0.766. The quantitative estimate of drug-likeness (QED) is 0.759. The van der Waals surface area contributed by atoms with Crippen LogP contribution in [0.2, 0.25) is 0 Å². The molecule has 0 bridgehead atoms. The van der Waals surface area contributed by atoms with Gasteiger partial charge in [-0.25, -0.2) is 4.79 Å². The number of anilines is 1. The van der Waals surface area contributed by atoms with Crippen molar-refractivity contribution in [2.24, 2.45) is 5.92 Å². The Morgan fingerprint density at radius 2 is 2.16 bits per heavy atom. The van der Waals surface area contributed by atoms with Crippen molar-refractivity contribution in [2.45, 2.75) is 38.5 Å². The molecule has 0 unspecified atom stereocenters. The van der Waals surface area contributed by atoms with Crippen LogP contribution in [0.4, 0.5) is 5.69 Å². The number of allylic oxidation sites excluding steroid dienone is 1. The van der Waals surface area contributed by atoms with Gasteiger partial charge in [-0.05, 0) is 18.4 Å². The number of rotatable bonds is 6. The first kappa shape index (κ1) is 14.1. The van der Waals surface area contributed by atoms with Gasteiger partial charge in [0, 0.05) is 17.6 Å². The van der Waals surface area contributed by atoms with Crippen molar-refractivity contribution in [2.75, 3.05) is 11.9 Å². The van der Waals surface area contributed by atoms with Crippen molar-refractivity contribution >= 4 is 23.0 Å². The molecule has 1 aliphatic rings. The Morgan fingerprint density at radius 1 is 1.37 bits per heavy atom. The van der Waals surface area contributed by atoms with Crippen LogP contribution in [0.3, 0.4) is 0 Å². The average Bonchev–Trinajstić information content (AvgIpc) is 2.89. The van der Waals surface area contributed by atoms with E-state index in [0.29, 0.717) is 4.88 Å². The number of hydrogen-bond acceptors (Lipinski definition) is 3. The first-order valence-corrected chi connectivity index (χ1v) is 7.84. The van der Waals surface area contributed by atoms with E-state index < -0.39 is 5.97 Å². The minimum atomic E-state index is -0.856. The summed E-state index contributed by atoms with van der Waals surface area (Å²) >= 11 is 1.26. The molecular formula is C15H21NO2S. The van der Waals surface area contributed by atoms with E-state index in [0.717, 1.165) is 18.2 Å². The fourth-order valence-corrected chi connectivity index (χ4v) is 3.21. The monoisotopic (exact) mass is 279 g/mol. The topological polar surface area (TPSA) is 49.3 Å². The van der Waals surface area contributed by atoms with Crippen LogP contribution in [-0.4, -0.2) is 17.6 Å². The molecule has 1 aliphatic carbocycles. The number of carbonyl (C=O) groups is 1. The normalized spacial score (nSPS) is 16.8. The zero-order valence-electron chi connectivity index (χ0n) is 11.1. The van der Waals surface area contributed by atoms with Gasteiger partial charge in [0.1, 0.15) is 4.88 Å². The first-order chi connectivity index (χ1) is 9.25. The molecule has 1 heterocycles. The molecule has 2 N–H and O–H groups in total. The SMILES string of the molecule is O=C(O)c1cc(NCC=CCC2CCCCC2)cs1. The van der Waals surface area contributed by atoms with Crippen molar-refractivity contribution in [3.05, 3.63) is 28.5 Å². The summed E-state index contributed by atoms with van der Waals surface area (Å²) in [6, 6.07) is 1.68. The highest BCUT2D eigenvalue weighted by atomic mass is 32.1. The van der Waals surface area contributed by atoms with Gasteiger partial charge in [-0.2, -0.15) is 0 Å². The second-order valence-electron chi connectivity index (χ2n) is 5.10. The predicted molar refractivity (Wildman–Crippen MR) is 80.1 cm³/mol. The van der Waals surface area contributed by atoms with Crippen LogP contribution in [0.15, 0.2) is 23.6 Å². The number of thiophene rings is 1. The maximum absolute atomic E-state index is 10.7. The number of carboxylic acids is 1. The van der Waals surface area contributed by atoms with Gasteiger partial charge in [-0.3, -0.25) is 0 Å². The molecule has 0 aliphatic heterocycles. The molecule has 0 amide bonds. The Hall–Kier alpha value is -1.29. The molecule has 0 aromatic carbocycles. The maximum Gasteiger partial charge on any atom is 0.345 e. The Labute approximate surface area is 118 Å². The smallest absolute Gasteiger partial charge is 0.345 e. The van der Waals surface area contributed by atoms with Gasteiger partial charge in [-0.1, -0.05) is 44.3 Å². The summed E-state index contributed by atoms with van der Waals surface area (Å²) in [6.07, 6.45) is 12.5. The lowest BCUT2D eigenvalue weighted by atomic mass is 9.87. The Kier molecular flexibility index (Phi) is 5.45. The van der Waals surface area contributed by atoms with Gasteiger partial charge in [0.15, 0.2) is 0 Å². The van der Waals surface area contributed by atoms with Crippen LogP contribution >= 0.6 is 11.3 Å². The van der Waals surface area contributed by atoms with Crippen LogP contribution in [0.5, 0.6) is 0 Å². The van der Waals surface area contributed by atoms with E-state index in [9.17, 15) is 4.79 Å². The summed E-state index contributed by atoms with van der Waals surface area (Å²) in [7, 11) is 0. The lowest BCUT2D eigenvalue weighted by molar-refractivity contribution is 0.0702. The third kappa shape index (κ3) is 4.71. The molecule has 0 atom stereocenters. The van der Waals surface area contributed by atoms with E-state index in [1.807, 2.05) is 5.38 Å². The molecule has 0 radical (unpaired) electrons. The fraction of sp³-hybridized carbons (Fsp3) is 0.533. The zero-order valence-corrected chi connectivity index (χ0v) is 11.9. The summed E-state index contributed by atoms with van der Waals surface area (Å²) in [5, 5.41) is 13.9. The second kappa shape index (κ2) is 7.34. The van der Waals surface area contributed by atoms with Gasteiger partial charge in [0.05, 0.1) is 0 Å². The van der Waals surface area contributed by atoms with E-state index in [1.54, 1.807) is 6.07 Å². The Bertz CT molecular complexity index is 433. The van der Waals surface area contributed by atoms with E-state index in [4.69, 9.17) is 5.11 Å². The summed E-state index contributed by atoms with van der Waals surface area (Å²) in [5.41, 5.74) is 0.893. The standard InChI is InChI=1S/C15H21NO2S/c17-15(18)14-10-13(11-19-14)16-9-5-4-8-12-6-2-1-3-7-12/h4-5,10-12,16H,1-3,6-9H2,(H,17,18). The van der Waals surface area contributed by atoms with Gasteiger partial charge in [-0.15, -0.1) is 11.3 Å². The molecule has 19 heavy (non-hydrogen) atoms. The van der Waals surface area contributed by atoms with E-state index in [-0.39, 0.29) is 0 Å². The van der Waals surface area contributed by atoms with Crippen LogP contribution < -0.4 is 5.32 Å². The van der Waals surface area contributed by atoms with Crippen LogP contribution in [-0.2, 0) is 0 Å². The molecule has 2 rings (SSSR count). The van der Waals surface area contributed by atoms with Gasteiger partial charge in [0.2, 0.25) is 0 Å². The Morgan fingerprint density at radius 3 is 2.84 bits per heavy atom. The van der Waals surface area contributed by atoms with Crippen molar-refractivity contribution < 1.29 is 9.90 Å². The lowest BCUT2D eigenvalue weighted by Gasteiger charge is -2.19. The molecule has 0 spiro atoms. The first-order valence-electron chi connectivity index (χ1n) is 6.96. The second-order valence-corrected chi connectivity index (χ2v) is 6.01. The summed E-state index contributed by atoms with van der Waals surface area (Å²) in [5.74, 6) is 0.0238. The molecule has 0 saturated heterocycles. The number of nitrogens with one attached hydrogen (secondary N) is 1. The zero-order chi connectivity index (χ0) is 13.5. The Balaban J connectivity index is 1.66. The van der Waals surface area contributed by atoms with Crippen molar-refractivity contribution in [1.82, 2.24) is 0 Å². The molecule has 1 aromatic heterocycles. The van der Waals surface area contributed by atoms with Gasteiger partial charge >= 0.3 is 5.97 Å². The van der Waals surface area contributed by atoms with Crippen molar-refractivity contribution in [3.63, 3.8) is 0 Å². The maximum atomic E-state index is 10.7. The molecular weight excluding hydrogens is 258 g/mol. The van der Waals surface area contributed by atoms with Crippen LogP contribution in [0.1, 0.15) is 48.2 Å². The molecule has 1 aromatic rings. The largest absolute Gasteiger partial charge is 0.477 e. The molecule has 3 nitrogen and oxygen atoms in total. The fourth-order valence-electron chi connectivity index (χ4n) is 2.51. The number of carboxylic acid groups (broad SMARTS) is 1. The van der Waals surface area contributed by atoms with Crippen LogP contribution in [0, 0.1) is 5.92 Å². The molecule has 104 valence electrons. The molecule has 4 heteroatoms. The molecule has 1 fully saturated rings.